The minimum atomic E-state index is 0.653. The maximum Gasteiger partial charge on any atom is 0.165 e. The zero-order chi connectivity index (χ0) is 21.1. The molecule has 0 aliphatic carbocycles. The molecule has 0 aliphatic rings. The van der Waals surface area contributed by atoms with Crippen LogP contribution in [0.3, 0.4) is 0 Å². The Morgan fingerprint density at radius 2 is 1.44 bits per heavy atom. The third-order valence-electron chi connectivity index (χ3n) is 5.68. The molecule has 0 unspecified atom stereocenters. The van der Waals surface area contributed by atoms with Crippen LogP contribution in [0, 0.1) is 0 Å². The summed E-state index contributed by atoms with van der Waals surface area (Å²) in [5.41, 5.74) is 5.76. The average molecular weight is 430 g/mol. The number of fused-ring (bicyclic) bond motifs is 6. The first kappa shape index (κ1) is 17.5. The van der Waals surface area contributed by atoms with E-state index in [9.17, 15) is 0 Å². The van der Waals surface area contributed by atoms with E-state index in [1.807, 2.05) is 18.2 Å². The van der Waals surface area contributed by atoms with Crippen LogP contribution in [0.15, 0.2) is 85.5 Å². The quantitative estimate of drug-likeness (QED) is 0.347. The summed E-state index contributed by atoms with van der Waals surface area (Å²) in [7, 11) is 0. The minimum absolute atomic E-state index is 0.653. The fraction of sp³-hybridized carbons (Fsp3) is 0. The number of thiophene rings is 1. The molecule has 0 saturated carbocycles. The molecule has 0 saturated heterocycles. The van der Waals surface area contributed by atoms with Gasteiger partial charge in [-0.25, -0.2) is 24.9 Å². The van der Waals surface area contributed by atoms with Gasteiger partial charge < -0.3 is 0 Å². The highest BCUT2D eigenvalue weighted by atomic mass is 32.1. The highest BCUT2D eigenvalue weighted by Crippen LogP contribution is 2.36. The minimum Gasteiger partial charge on any atom is -0.293 e. The average Bonchev–Trinajstić information content (AvgIpc) is 3.38. The molecule has 0 fully saturated rings. The van der Waals surface area contributed by atoms with Gasteiger partial charge in [-0.15, -0.1) is 11.3 Å². The van der Waals surface area contributed by atoms with Crippen LogP contribution in [-0.2, 0) is 0 Å². The zero-order valence-electron chi connectivity index (χ0n) is 16.7. The zero-order valence-corrected chi connectivity index (χ0v) is 17.5. The van der Waals surface area contributed by atoms with Crippen molar-refractivity contribution in [1.29, 1.82) is 0 Å². The molecule has 3 aromatic carbocycles. The van der Waals surface area contributed by atoms with Crippen LogP contribution in [0.1, 0.15) is 0 Å². The van der Waals surface area contributed by atoms with E-state index < -0.39 is 0 Å². The van der Waals surface area contributed by atoms with Crippen LogP contribution in [0.2, 0.25) is 0 Å². The first-order valence-electron chi connectivity index (χ1n) is 10.2. The van der Waals surface area contributed by atoms with E-state index in [1.165, 1.54) is 17.4 Å². The van der Waals surface area contributed by atoms with E-state index >= 15 is 0 Å². The first-order valence-corrected chi connectivity index (χ1v) is 11.0. The summed E-state index contributed by atoms with van der Waals surface area (Å²) in [6, 6.07) is 24.9. The van der Waals surface area contributed by atoms with Crippen molar-refractivity contribution in [3.8, 4) is 17.1 Å². The Kier molecular flexibility index (Phi) is 3.62. The van der Waals surface area contributed by atoms with Crippen LogP contribution in [-0.4, -0.2) is 29.5 Å². The summed E-state index contributed by atoms with van der Waals surface area (Å²) in [5.74, 6) is 0.653. The maximum atomic E-state index is 5.14. The number of nitrogens with zero attached hydrogens (tertiary/aromatic N) is 6. The van der Waals surface area contributed by atoms with Crippen LogP contribution < -0.4 is 0 Å². The van der Waals surface area contributed by atoms with E-state index in [2.05, 4.69) is 74.1 Å². The van der Waals surface area contributed by atoms with Gasteiger partial charge >= 0.3 is 0 Å². The molecule has 7 heteroatoms. The summed E-state index contributed by atoms with van der Waals surface area (Å²) < 4.78 is 3.38. The monoisotopic (exact) mass is 430 g/mol. The van der Waals surface area contributed by atoms with Gasteiger partial charge in [-0.2, -0.15) is 0 Å². The van der Waals surface area contributed by atoms with Gasteiger partial charge in [0.15, 0.2) is 11.5 Å². The Hall–Kier alpha value is -4.23. The molecule has 0 radical (unpaired) electrons. The molecule has 0 amide bonds. The van der Waals surface area contributed by atoms with Crippen molar-refractivity contribution in [3.05, 3.63) is 85.5 Å². The van der Waals surface area contributed by atoms with Crippen molar-refractivity contribution in [2.45, 2.75) is 0 Å². The molecule has 6 nitrogen and oxygen atoms in total. The standard InChI is InChI=1S/C25H14N6S/c1-3-7-19-17(5-1)21-24(29-22-18-6-2-4-8-20(18)32-25(22)30-21)31(19)16-11-9-15(10-12-16)23-27-13-26-14-28-23/h1-14H. The van der Waals surface area contributed by atoms with Gasteiger partial charge in [-0.05, 0) is 36.4 Å². The lowest BCUT2D eigenvalue weighted by Gasteiger charge is -2.08. The molecular formula is C25H14N6S. The Balaban J connectivity index is 1.52. The number of para-hydroxylation sites is 1. The second-order valence-corrected chi connectivity index (χ2v) is 8.54. The van der Waals surface area contributed by atoms with Crippen molar-refractivity contribution in [3.63, 3.8) is 0 Å². The van der Waals surface area contributed by atoms with E-state index in [0.29, 0.717) is 5.82 Å². The Morgan fingerprint density at radius 1 is 0.688 bits per heavy atom. The summed E-state index contributed by atoms with van der Waals surface area (Å²) in [6.45, 7) is 0. The molecule has 4 heterocycles. The van der Waals surface area contributed by atoms with Gasteiger partial charge in [0.25, 0.3) is 0 Å². The van der Waals surface area contributed by atoms with Crippen LogP contribution in [0.4, 0.5) is 0 Å². The number of hydrogen-bond acceptors (Lipinski definition) is 6. The Morgan fingerprint density at radius 3 is 2.28 bits per heavy atom. The van der Waals surface area contributed by atoms with E-state index in [-0.39, 0.29) is 0 Å². The predicted molar refractivity (Wildman–Crippen MR) is 128 cm³/mol. The molecule has 0 N–H and O–H groups in total. The molecular weight excluding hydrogens is 416 g/mol. The lowest BCUT2D eigenvalue weighted by atomic mass is 10.2. The van der Waals surface area contributed by atoms with Crippen molar-refractivity contribution < 1.29 is 0 Å². The second-order valence-electron chi connectivity index (χ2n) is 7.51. The predicted octanol–water partition coefficient (Wildman–Crippen LogP) is 5.79. The van der Waals surface area contributed by atoms with Crippen molar-refractivity contribution in [2.24, 2.45) is 0 Å². The molecule has 150 valence electrons. The van der Waals surface area contributed by atoms with Gasteiger partial charge in [0, 0.05) is 26.7 Å². The van der Waals surface area contributed by atoms with Crippen molar-refractivity contribution >= 4 is 53.8 Å². The summed E-state index contributed by atoms with van der Waals surface area (Å²) in [5, 5.41) is 2.24. The van der Waals surface area contributed by atoms with Crippen molar-refractivity contribution in [1.82, 2.24) is 29.5 Å². The SMILES string of the molecule is c1ccc2c(c1)sc1nc3c4ccccc4n(-c4ccc(-c5ncncn5)cc4)c3nc12. The lowest BCUT2D eigenvalue weighted by Crippen LogP contribution is -1.96. The van der Waals surface area contributed by atoms with Gasteiger partial charge in [-0.3, -0.25) is 4.57 Å². The molecule has 0 bridgehead atoms. The molecule has 32 heavy (non-hydrogen) atoms. The molecule has 4 aromatic heterocycles. The summed E-state index contributed by atoms with van der Waals surface area (Å²) in [6.07, 6.45) is 3.02. The third-order valence-corrected chi connectivity index (χ3v) is 6.74. The third kappa shape index (κ3) is 2.48. The number of rotatable bonds is 2. The Labute approximate surface area is 185 Å². The molecule has 0 atom stereocenters. The Bertz CT molecular complexity index is 1770. The van der Waals surface area contributed by atoms with Gasteiger partial charge in [0.2, 0.25) is 0 Å². The van der Waals surface area contributed by atoms with E-state index in [4.69, 9.17) is 9.97 Å². The number of benzene rings is 3. The van der Waals surface area contributed by atoms with Crippen LogP contribution in [0.5, 0.6) is 0 Å². The maximum absolute atomic E-state index is 5.14. The fourth-order valence-corrected chi connectivity index (χ4v) is 5.26. The summed E-state index contributed by atoms with van der Waals surface area (Å²) in [4.78, 5) is 23.6. The molecule has 7 rings (SSSR count). The van der Waals surface area contributed by atoms with Crippen LogP contribution in [0.25, 0.3) is 59.6 Å². The first-order chi connectivity index (χ1) is 15.9. The smallest absolute Gasteiger partial charge is 0.165 e. The highest BCUT2D eigenvalue weighted by Gasteiger charge is 2.18. The van der Waals surface area contributed by atoms with Gasteiger partial charge in [0.1, 0.15) is 28.5 Å². The normalized spacial score (nSPS) is 11.8. The second kappa shape index (κ2) is 6.63. The van der Waals surface area contributed by atoms with Crippen molar-refractivity contribution in [2.75, 3.05) is 0 Å². The highest BCUT2D eigenvalue weighted by molar-refractivity contribution is 7.25. The van der Waals surface area contributed by atoms with Gasteiger partial charge in [0.05, 0.1) is 5.52 Å². The van der Waals surface area contributed by atoms with E-state index in [1.54, 1.807) is 11.3 Å². The number of hydrogen-bond donors (Lipinski definition) is 0. The molecule has 7 aromatic rings. The molecule has 0 spiro atoms. The number of aromatic nitrogens is 6. The van der Waals surface area contributed by atoms with Gasteiger partial charge in [-0.1, -0.05) is 36.4 Å². The summed E-state index contributed by atoms with van der Waals surface area (Å²) >= 11 is 1.69. The van der Waals surface area contributed by atoms with Crippen LogP contribution >= 0.6 is 11.3 Å². The lowest BCUT2D eigenvalue weighted by molar-refractivity contribution is 1.05. The fourth-order valence-electron chi connectivity index (χ4n) is 4.24. The topological polar surface area (TPSA) is 69.4 Å². The largest absolute Gasteiger partial charge is 0.293 e. The van der Waals surface area contributed by atoms with E-state index in [0.717, 1.165) is 49.1 Å². The molecule has 0 aliphatic heterocycles.